The zero-order valence-electron chi connectivity index (χ0n) is 19.7. The maximum absolute atomic E-state index is 12.6. The van der Waals surface area contributed by atoms with Crippen LogP contribution in [-0.4, -0.2) is 24.2 Å². The third-order valence-corrected chi connectivity index (χ3v) is 7.28. The van der Waals surface area contributed by atoms with Crippen molar-refractivity contribution in [2.45, 2.75) is 13.0 Å². The minimum Gasteiger partial charge on any atom is -0.480 e. The van der Waals surface area contributed by atoms with Gasteiger partial charge in [-0.15, -0.1) is 11.3 Å². The molecule has 0 saturated carbocycles. The van der Waals surface area contributed by atoms with Crippen molar-refractivity contribution in [3.63, 3.8) is 0 Å². The van der Waals surface area contributed by atoms with Crippen LogP contribution in [0, 0.1) is 0 Å². The highest BCUT2D eigenvalue weighted by Crippen LogP contribution is 2.35. The first-order chi connectivity index (χ1) is 18.0. The number of hydrazone groups is 1. The van der Waals surface area contributed by atoms with Crippen molar-refractivity contribution in [2.24, 2.45) is 5.10 Å². The van der Waals surface area contributed by atoms with Crippen LogP contribution in [-0.2, 0) is 4.79 Å². The van der Waals surface area contributed by atoms with Crippen LogP contribution in [0.15, 0.2) is 96.1 Å². The third kappa shape index (κ3) is 5.48. The second kappa shape index (κ2) is 10.8. The minimum absolute atomic E-state index is 0.357. The molecule has 8 heteroatoms. The Kier molecular flexibility index (Phi) is 7.16. The maximum atomic E-state index is 12.6. The first-order valence-corrected chi connectivity index (χ1v) is 12.7. The molecule has 0 spiro atoms. The molecule has 1 atom stereocenters. The number of thiophene rings is 1. The highest BCUT2D eigenvalue weighted by Gasteiger charge is 2.19. The van der Waals surface area contributed by atoms with Gasteiger partial charge in [-0.2, -0.15) is 5.10 Å². The molecule has 0 aliphatic rings. The van der Waals surface area contributed by atoms with Crippen LogP contribution >= 0.6 is 22.9 Å². The lowest BCUT2D eigenvalue weighted by Crippen LogP contribution is -2.33. The molecule has 0 radical (unpaired) electrons. The van der Waals surface area contributed by atoms with E-state index in [9.17, 15) is 9.59 Å². The van der Waals surface area contributed by atoms with E-state index < -0.39 is 12.1 Å². The largest absolute Gasteiger partial charge is 0.480 e. The van der Waals surface area contributed by atoms with E-state index in [-0.39, 0.29) is 5.91 Å². The van der Waals surface area contributed by atoms with E-state index in [1.54, 1.807) is 31.2 Å². The number of esters is 1. The molecular weight excluding hydrogens is 508 g/mol. The molecule has 1 heterocycles. The summed E-state index contributed by atoms with van der Waals surface area (Å²) in [5, 5.41) is 7.20. The maximum Gasteiger partial charge on any atom is 0.355 e. The monoisotopic (exact) mass is 528 g/mol. The van der Waals surface area contributed by atoms with E-state index in [0.717, 1.165) is 20.9 Å². The Bertz CT molecular complexity index is 1620. The predicted molar refractivity (Wildman–Crippen MR) is 148 cm³/mol. The molecule has 5 aromatic rings. The fourth-order valence-electron chi connectivity index (χ4n) is 3.72. The van der Waals surface area contributed by atoms with Crippen molar-refractivity contribution < 1.29 is 19.1 Å². The Hall–Kier alpha value is -4.20. The first kappa shape index (κ1) is 24.5. The fourth-order valence-corrected chi connectivity index (χ4v) is 5.11. The van der Waals surface area contributed by atoms with E-state index in [1.165, 1.54) is 17.6 Å². The molecular formula is C29H21ClN2O4S. The number of hydrogen-bond acceptors (Lipinski definition) is 6. The van der Waals surface area contributed by atoms with Gasteiger partial charge in [0, 0.05) is 15.5 Å². The van der Waals surface area contributed by atoms with Crippen molar-refractivity contribution >= 4 is 61.9 Å². The average molecular weight is 529 g/mol. The van der Waals surface area contributed by atoms with Gasteiger partial charge in [-0.05, 0) is 54.3 Å². The third-order valence-electron chi connectivity index (χ3n) is 5.62. The zero-order valence-corrected chi connectivity index (χ0v) is 21.3. The topological polar surface area (TPSA) is 77.0 Å². The van der Waals surface area contributed by atoms with Gasteiger partial charge in [0.25, 0.3) is 5.91 Å². The summed E-state index contributed by atoms with van der Waals surface area (Å²) in [7, 11) is 0. The number of fused-ring (bicyclic) bond motifs is 2. The summed E-state index contributed by atoms with van der Waals surface area (Å²) >= 11 is 7.66. The van der Waals surface area contributed by atoms with Crippen LogP contribution < -0.4 is 14.9 Å². The number of carbonyl (C=O) groups is 2. The molecule has 1 aromatic heterocycles. The fraction of sp³-hybridized carbons (Fsp3) is 0.0690. The van der Waals surface area contributed by atoms with E-state index in [0.29, 0.717) is 27.0 Å². The number of carbonyl (C=O) groups excluding carboxylic acids is 2. The van der Waals surface area contributed by atoms with Gasteiger partial charge in [-0.25, -0.2) is 10.2 Å². The Morgan fingerprint density at radius 3 is 2.41 bits per heavy atom. The van der Waals surface area contributed by atoms with Gasteiger partial charge in [-0.1, -0.05) is 66.2 Å². The van der Waals surface area contributed by atoms with Crippen molar-refractivity contribution in [3.8, 4) is 11.5 Å². The van der Waals surface area contributed by atoms with Gasteiger partial charge in [0.1, 0.15) is 16.4 Å². The summed E-state index contributed by atoms with van der Waals surface area (Å²) in [4.78, 5) is 25.4. The van der Waals surface area contributed by atoms with Crippen molar-refractivity contribution in [2.75, 3.05) is 0 Å². The molecule has 5 rings (SSSR count). The lowest BCUT2D eigenvalue weighted by Gasteiger charge is -2.14. The van der Waals surface area contributed by atoms with Crippen LogP contribution in [0.3, 0.4) is 0 Å². The lowest BCUT2D eigenvalue weighted by molar-refractivity contribution is -0.127. The van der Waals surface area contributed by atoms with E-state index in [2.05, 4.69) is 10.5 Å². The molecule has 0 saturated heterocycles. The van der Waals surface area contributed by atoms with Gasteiger partial charge in [0.15, 0.2) is 6.10 Å². The van der Waals surface area contributed by atoms with Gasteiger partial charge in [0.2, 0.25) is 0 Å². The molecule has 37 heavy (non-hydrogen) atoms. The number of halogens is 1. The van der Waals surface area contributed by atoms with Crippen LogP contribution in [0.5, 0.6) is 11.5 Å². The normalized spacial score (nSPS) is 12.1. The van der Waals surface area contributed by atoms with Gasteiger partial charge in [-0.3, -0.25) is 4.79 Å². The Morgan fingerprint density at radius 1 is 0.919 bits per heavy atom. The number of rotatable bonds is 7. The molecule has 184 valence electrons. The summed E-state index contributed by atoms with van der Waals surface area (Å²) < 4.78 is 12.3. The summed E-state index contributed by atoms with van der Waals surface area (Å²) in [5.74, 6) is 0.110. The Morgan fingerprint density at radius 2 is 1.62 bits per heavy atom. The van der Waals surface area contributed by atoms with E-state index >= 15 is 0 Å². The lowest BCUT2D eigenvalue weighted by atomic mass is 10.1. The molecule has 0 fully saturated rings. The molecule has 6 nitrogen and oxygen atoms in total. The number of ether oxygens (including phenoxy) is 2. The highest BCUT2D eigenvalue weighted by molar-refractivity contribution is 7.21. The minimum atomic E-state index is -0.745. The SMILES string of the molecule is CC(Oc1cccc2ccccc12)C(=O)NN=Cc1ccc(OC(=O)c2sc3ccccc3c2Cl)cc1. The first-order valence-electron chi connectivity index (χ1n) is 11.5. The Labute approximate surface area is 222 Å². The summed E-state index contributed by atoms with van der Waals surface area (Å²) in [5.41, 5.74) is 3.20. The van der Waals surface area contributed by atoms with Crippen molar-refractivity contribution in [3.05, 3.63) is 106 Å². The second-order valence-electron chi connectivity index (χ2n) is 8.17. The molecule has 0 bridgehead atoms. The zero-order chi connectivity index (χ0) is 25.8. The number of nitrogens with one attached hydrogen (secondary N) is 1. The quantitative estimate of drug-likeness (QED) is 0.108. The average Bonchev–Trinajstić information content (AvgIpc) is 3.26. The van der Waals surface area contributed by atoms with Gasteiger partial charge in [0.05, 0.1) is 11.2 Å². The highest BCUT2D eigenvalue weighted by atomic mass is 35.5. The number of hydrogen-bond donors (Lipinski definition) is 1. The molecule has 1 amide bonds. The van der Waals surface area contributed by atoms with Crippen molar-refractivity contribution in [1.29, 1.82) is 0 Å². The molecule has 1 unspecified atom stereocenters. The summed E-state index contributed by atoms with van der Waals surface area (Å²) in [6.45, 7) is 1.67. The van der Waals surface area contributed by atoms with Crippen LogP contribution in [0.1, 0.15) is 22.2 Å². The van der Waals surface area contributed by atoms with Crippen molar-refractivity contribution in [1.82, 2.24) is 5.43 Å². The summed E-state index contributed by atoms with van der Waals surface area (Å²) in [6.07, 6.45) is 0.752. The molecule has 0 aliphatic carbocycles. The number of amides is 1. The van der Waals surface area contributed by atoms with E-state index in [1.807, 2.05) is 66.7 Å². The smallest absolute Gasteiger partial charge is 0.355 e. The molecule has 4 aromatic carbocycles. The van der Waals surface area contributed by atoms with Crippen LogP contribution in [0.4, 0.5) is 0 Å². The Balaban J connectivity index is 1.17. The van der Waals surface area contributed by atoms with Crippen LogP contribution in [0.2, 0.25) is 5.02 Å². The summed E-state index contributed by atoms with van der Waals surface area (Å²) in [6, 6.07) is 27.8. The molecule has 1 N–H and O–H groups in total. The molecule has 0 aliphatic heterocycles. The predicted octanol–water partition coefficient (Wildman–Crippen LogP) is 6.84. The van der Waals surface area contributed by atoms with Gasteiger partial charge >= 0.3 is 5.97 Å². The standard InChI is InChI=1S/C29H21ClN2O4S/c1-18(35-24-11-6-8-20-7-2-3-9-22(20)24)28(33)32-31-17-19-13-15-21(16-14-19)36-29(34)27-26(30)23-10-4-5-12-25(23)37-27/h2-18H,1H3,(H,32,33). The van der Waals surface area contributed by atoms with E-state index in [4.69, 9.17) is 21.1 Å². The van der Waals surface area contributed by atoms with Gasteiger partial charge < -0.3 is 9.47 Å². The number of nitrogens with zero attached hydrogens (tertiary/aromatic N) is 1. The second-order valence-corrected chi connectivity index (χ2v) is 9.60. The van der Waals surface area contributed by atoms with Crippen LogP contribution in [0.25, 0.3) is 20.9 Å². The number of benzene rings is 4.